The summed E-state index contributed by atoms with van der Waals surface area (Å²) in [6, 6.07) is 12.6. The molecule has 1 unspecified atom stereocenters. The van der Waals surface area contributed by atoms with E-state index in [9.17, 15) is 14.7 Å². The van der Waals surface area contributed by atoms with Crippen LogP contribution in [0.4, 0.5) is 0 Å². The third-order valence-corrected chi connectivity index (χ3v) is 5.92. The van der Waals surface area contributed by atoms with Gasteiger partial charge in [-0.05, 0) is 49.7 Å². The van der Waals surface area contributed by atoms with E-state index in [1.54, 1.807) is 18.2 Å². The molecule has 32 heavy (non-hydrogen) atoms. The third-order valence-electron chi connectivity index (χ3n) is 5.92. The molecular formula is C24H24N4O4. The number of phenolic OH excluding ortho intramolecular Hbond substituents is 1. The van der Waals surface area contributed by atoms with Gasteiger partial charge in [0.15, 0.2) is 0 Å². The SMILES string of the molecule is Cc1ccc2oc3c(=O)[nH]c(CN4CCC(C(=O)NCc5cccc(O)c5)C4)nc3c2c1. The molecule has 0 saturated carbocycles. The maximum absolute atomic E-state index is 12.6. The van der Waals surface area contributed by atoms with Gasteiger partial charge in [-0.2, -0.15) is 0 Å². The Morgan fingerprint density at radius 2 is 2.19 bits per heavy atom. The van der Waals surface area contributed by atoms with Gasteiger partial charge in [-0.25, -0.2) is 4.98 Å². The standard InChI is InChI=1S/C24H24N4O4/c1-14-5-6-19-18(9-14)21-22(32-19)24(31)27-20(26-21)13-28-8-7-16(12-28)23(30)25-11-15-3-2-4-17(29)10-15/h2-6,9-10,16,29H,7-8,11-13H2,1H3,(H,25,30)(H,26,27,31). The van der Waals surface area contributed by atoms with E-state index in [-0.39, 0.29) is 28.7 Å². The Kier molecular flexibility index (Phi) is 5.14. The number of aryl methyl sites for hydroxylation is 1. The Balaban J connectivity index is 1.27. The summed E-state index contributed by atoms with van der Waals surface area (Å²) in [5, 5.41) is 13.3. The molecule has 2 aromatic heterocycles. The lowest BCUT2D eigenvalue weighted by Gasteiger charge is -2.15. The Morgan fingerprint density at radius 1 is 1.31 bits per heavy atom. The summed E-state index contributed by atoms with van der Waals surface area (Å²) >= 11 is 0. The second-order valence-electron chi connectivity index (χ2n) is 8.40. The van der Waals surface area contributed by atoms with Gasteiger partial charge in [0.1, 0.15) is 22.7 Å². The first kappa shape index (κ1) is 20.3. The summed E-state index contributed by atoms with van der Waals surface area (Å²) in [5.74, 6) is 0.611. The third kappa shape index (κ3) is 3.97. The number of carbonyl (C=O) groups excluding carboxylic acids is 1. The lowest BCUT2D eigenvalue weighted by molar-refractivity contribution is -0.124. The van der Waals surface area contributed by atoms with Crippen molar-refractivity contribution in [1.29, 1.82) is 0 Å². The van der Waals surface area contributed by atoms with Gasteiger partial charge in [0, 0.05) is 18.5 Å². The van der Waals surface area contributed by atoms with Crippen molar-refractivity contribution in [2.45, 2.75) is 26.4 Å². The summed E-state index contributed by atoms with van der Waals surface area (Å²) in [6.45, 7) is 4.17. The van der Waals surface area contributed by atoms with Gasteiger partial charge in [-0.3, -0.25) is 14.5 Å². The molecule has 164 valence electrons. The molecule has 0 spiro atoms. The number of furan rings is 1. The molecule has 3 heterocycles. The zero-order chi connectivity index (χ0) is 22.2. The normalized spacial score (nSPS) is 16.7. The number of hydrogen-bond acceptors (Lipinski definition) is 6. The second kappa shape index (κ2) is 8.12. The number of likely N-dealkylation sites (tertiary alicyclic amines) is 1. The fraction of sp³-hybridized carbons (Fsp3) is 0.292. The van der Waals surface area contributed by atoms with Gasteiger partial charge in [0.2, 0.25) is 11.5 Å². The van der Waals surface area contributed by atoms with Gasteiger partial charge in [0.05, 0.1) is 12.5 Å². The number of nitrogens with one attached hydrogen (secondary N) is 2. The number of phenols is 1. The number of aromatic amines is 1. The van der Waals surface area contributed by atoms with E-state index in [1.807, 2.05) is 31.2 Å². The highest BCUT2D eigenvalue weighted by atomic mass is 16.3. The van der Waals surface area contributed by atoms with E-state index in [4.69, 9.17) is 4.42 Å². The lowest BCUT2D eigenvalue weighted by Crippen LogP contribution is -2.32. The van der Waals surface area contributed by atoms with Gasteiger partial charge in [-0.15, -0.1) is 0 Å². The number of fused-ring (bicyclic) bond motifs is 3. The molecule has 8 nitrogen and oxygen atoms in total. The monoisotopic (exact) mass is 432 g/mol. The van der Waals surface area contributed by atoms with Gasteiger partial charge < -0.3 is 19.8 Å². The van der Waals surface area contributed by atoms with Crippen LogP contribution in [0.1, 0.15) is 23.4 Å². The van der Waals surface area contributed by atoms with Crippen LogP contribution in [0.5, 0.6) is 5.75 Å². The number of benzene rings is 2. The average Bonchev–Trinajstić information content (AvgIpc) is 3.37. The smallest absolute Gasteiger partial charge is 0.294 e. The Hall–Kier alpha value is -3.65. The number of aromatic hydroxyl groups is 1. The van der Waals surface area contributed by atoms with Crippen LogP contribution < -0.4 is 10.9 Å². The van der Waals surface area contributed by atoms with Crippen LogP contribution in [0, 0.1) is 12.8 Å². The lowest BCUT2D eigenvalue weighted by atomic mass is 10.1. The molecule has 1 fully saturated rings. The second-order valence-corrected chi connectivity index (χ2v) is 8.40. The number of rotatable bonds is 5. The minimum atomic E-state index is -0.293. The molecule has 1 aliphatic heterocycles. The van der Waals surface area contributed by atoms with Crippen molar-refractivity contribution in [2.24, 2.45) is 5.92 Å². The van der Waals surface area contributed by atoms with E-state index in [0.717, 1.165) is 29.5 Å². The van der Waals surface area contributed by atoms with E-state index >= 15 is 0 Å². The Morgan fingerprint density at radius 3 is 3.03 bits per heavy atom. The van der Waals surface area contributed by atoms with Gasteiger partial charge >= 0.3 is 0 Å². The first-order chi connectivity index (χ1) is 15.5. The topological polar surface area (TPSA) is 111 Å². The molecule has 1 amide bonds. The van der Waals surface area contributed by atoms with Crippen LogP contribution in [-0.4, -0.2) is 39.0 Å². The number of H-pyrrole nitrogens is 1. The van der Waals surface area contributed by atoms with Crippen LogP contribution in [0.15, 0.2) is 51.7 Å². The highest BCUT2D eigenvalue weighted by molar-refractivity contribution is 6.02. The number of amides is 1. The van der Waals surface area contributed by atoms with Crippen molar-refractivity contribution in [3.05, 3.63) is 69.8 Å². The summed E-state index contributed by atoms with van der Waals surface area (Å²) in [7, 11) is 0. The first-order valence-electron chi connectivity index (χ1n) is 10.7. The van der Waals surface area contributed by atoms with Crippen LogP contribution in [0.3, 0.4) is 0 Å². The zero-order valence-corrected chi connectivity index (χ0v) is 17.7. The van der Waals surface area contributed by atoms with Crippen LogP contribution >= 0.6 is 0 Å². The van der Waals surface area contributed by atoms with Crippen molar-refractivity contribution in [3.63, 3.8) is 0 Å². The molecule has 0 bridgehead atoms. The fourth-order valence-electron chi connectivity index (χ4n) is 4.29. The minimum Gasteiger partial charge on any atom is -0.508 e. The predicted molar refractivity (Wildman–Crippen MR) is 120 cm³/mol. The zero-order valence-electron chi connectivity index (χ0n) is 17.7. The molecule has 2 aromatic carbocycles. The van der Waals surface area contributed by atoms with E-state index in [1.165, 1.54) is 0 Å². The van der Waals surface area contributed by atoms with Crippen molar-refractivity contribution in [1.82, 2.24) is 20.2 Å². The summed E-state index contributed by atoms with van der Waals surface area (Å²) in [4.78, 5) is 34.8. The van der Waals surface area contributed by atoms with E-state index < -0.39 is 0 Å². The van der Waals surface area contributed by atoms with E-state index in [0.29, 0.717) is 36.6 Å². The minimum absolute atomic E-state index is 0.0101. The maximum Gasteiger partial charge on any atom is 0.294 e. The maximum atomic E-state index is 12.6. The van der Waals surface area contributed by atoms with Crippen LogP contribution in [0.25, 0.3) is 22.1 Å². The Labute approximate surface area is 183 Å². The van der Waals surface area contributed by atoms with Crippen molar-refractivity contribution in [2.75, 3.05) is 13.1 Å². The number of hydrogen-bond donors (Lipinski definition) is 3. The van der Waals surface area contributed by atoms with Crippen molar-refractivity contribution in [3.8, 4) is 5.75 Å². The molecule has 1 saturated heterocycles. The average molecular weight is 432 g/mol. The van der Waals surface area contributed by atoms with Crippen molar-refractivity contribution >= 4 is 28.0 Å². The molecule has 5 rings (SSSR count). The number of carbonyl (C=O) groups is 1. The summed E-state index contributed by atoms with van der Waals surface area (Å²) < 4.78 is 5.69. The van der Waals surface area contributed by atoms with Gasteiger partial charge in [0.25, 0.3) is 5.56 Å². The molecule has 0 radical (unpaired) electrons. The molecule has 1 aliphatic rings. The van der Waals surface area contributed by atoms with Crippen LogP contribution in [-0.2, 0) is 17.9 Å². The first-order valence-corrected chi connectivity index (χ1v) is 10.7. The molecule has 3 N–H and O–H groups in total. The largest absolute Gasteiger partial charge is 0.508 e. The molecule has 0 aliphatic carbocycles. The molecule has 8 heteroatoms. The predicted octanol–water partition coefficient (Wildman–Crippen LogP) is 2.82. The van der Waals surface area contributed by atoms with Crippen molar-refractivity contribution < 1.29 is 14.3 Å². The fourth-order valence-corrected chi connectivity index (χ4v) is 4.29. The highest BCUT2D eigenvalue weighted by Gasteiger charge is 2.28. The van der Waals surface area contributed by atoms with E-state index in [2.05, 4.69) is 20.2 Å². The quantitative estimate of drug-likeness (QED) is 0.447. The molecule has 1 atom stereocenters. The number of nitrogens with zero attached hydrogens (tertiary/aromatic N) is 2. The summed E-state index contributed by atoms with van der Waals surface area (Å²) in [5.41, 5.74) is 3.08. The summed E-state index contributed by atoms with van der Waals surface area (Å²) in [6.07, 6.45) is 0.742. The number of aromatic nitrogens is 2. The van der Waals surface area contributed by atoms with Crippen LogP contribution in [0.2, 0.25) is 0 Å². The van der Waals surface area contributed by atoms with Gasteiger partial charge in [-0.1, -0.05) is 23.8 Å². The molecule has 4 aromatic rings. The molecular weight excluding hydrogens is 408 g/mol. The highest BCUT2D eigenvalue weighted by Crippen LogP contribution is 2.26. The Bertz CT molecular complexity index is 1370.